The van der Waals surface area contributed by atoms with Crippen LogP contribution in [0.3, 0.4) is 0 Å². The Morgan fingerprint density at radius 2 is 1.62 bits per heavy atom. The first-order valence-corrected chi connectivity index (χ1v) is 22.1. The zero-order chi connectivity index (χ0) is 40.6. The van der Waals surface area contributed by atoms with Gasteiger partial charge in [-0.05, 0) is 85.7 Å². The third-order valence-electron chi connectivity index (χ3n) is 12.1. The number of likely N-dealkylation sites (tertiary alicyclic amines) is 1. The highest BCUT2D eigenvalue weighted by Gasteiger charge is 2.60. The molecule has 12 heteroatoms. The van der Waals surface area contributed by atoms with Gasteiger partial charge in [0.2, 0.25) is 0 Å². The van der Waals surface area contributed by atoms with Crippen LogP contribution in [0.15, 0.2) is 24.3 Å². The third-order valence-corrected chi connectivity index (χ3v) is 18.4. The average Bonchev–Trinajstić information content (AvgIpc) is 3.99. The zero-order valence-electron chi connectivity index (χ0n) is 34.5. The summed E-state index contributed by atoms with van der Waals surface area (Å²) in [7, 11) is -0.800. The van der Waals surface area contributed by atoms with Gasteiger partial charge in [-0.25, -0.2) is 18.6 Å². The van der Waals surface area contributed by atoms with Crippen LogP contribution in [-0.4, -0.2) is 72.2 Å². The molecule has 3 fully saturated rings. The Bertz CT molecular complexity index is 2260. The van der Waals surface area contributed by atoms with Crippen molar-refractivity contribution in [3.63, 3.8) is 0 Å². The lowest BCUT2D eigenvalue weighted by atomic mass is 9.95. The Morgan fingerprint density at radius 1 is 0.982 bits per heavy atom. The van der Waals surface area contributed by atoms with Gasteiger partial charge in [0.1, 0.15) is 42.1 Å². The van der Waals surface area contributed by atoms with Gasteiger partial charge in [-0.3, -0.25) is 9.48 Å². The number of methoxy groups -OCH3 is 1. The van der Waals surface area contributed by atoms with E-state index in [0.29, 0.717) is 57.3 Å². The molecule has 298 valence electrons. The van der Waals surface area contributed by atoms with Gasteiger partial charge in [-0.2, -0.15) is 5.10 Å². The van der Waals surface area contributed by atoms with E-state index in [2.05, 4.69) is 53.0 Å². The molecule has 1 saturated heterocycles. The van der Waals surface area contributed by atoms with E-state index in [1.165, 1.54) is 20.1 Å². The lowest BCUT2D eigenvalue weighted by Gasteiger charge is -2.38. The minimum absolute atomic E-state index is 0.0270. The van der Waals surface area contributed by atoms with E-state index < -0.39 is 25.3 Å². The van der Waals surface area contributed by atoms with E-state index in [1.807, 2.05) is 20.8 Å². The first-order valence-electron chi connectivity index (χ1n) is 19.9. The smallest absolute Gasteiger partial charge is 0.410 e. The van der Waals surface area contributed by atoms with Crippen molar-refractivity contribution in [1.29, 1.82) is 0 Å². The monoisotopic (exact) mass is 784 g/mol. The molecule has 1 amide bonds. The largest absolute Gasteiger partial charge is 0.468 e. The summed E-state index contributed by atoms with van der Waals surface area (Å²) in [4.78, 5) is 33.1. The number of hydrogen-bond donors (Lipinski definition) is 0. The molecule has 2 aliphatic carbocycles. The van der Waals surface area contributed by atoms with Crippen molar-refractivity contribution in [2.75, 3.05) is 27.0 Å². The van der Waals surface area contributed by atoms with Gasteiger partial charge in [0.05, 0.1) is 22.7 Å². The number of amides is 1. The molecule has 2 aromatic carbocycles. The van der Waals surface area contributed by atoms with Gasteiger partial charge < -0.3 is 19.1 Å². The Hall–Kier alpha value is -4.34. The van der Waals surface area contributed by atoms with Crippen molar-refractivity contribution < 1.29 is 32.6 Å². The number of ether oxygens (including phenoxy) is 3. The van der Waals surface area contributed by atoms with E-state index in [0.717, 1.165) is 12.8 Å². The number of ketones is 1. The topological polar surface area (TPSA) is 95.8 Å². The Labute approximate surface area is 329 Å². The molecule has 4 aromatic rings. The average molecular weight is 785 g/mol. The van der Waals surface area contributed by atoms with Gasteiger partial charge in [-0.15, -0.1) is 5.54 Å². The maximum absolute atomic E-state index is 17.7. The van der Waals surface area contributed by atoms with Crippen molar-refractivity contribution >= 4 is 41.6 Å². The molecule has 0 bridgehead atoms. The molecule has 56 heavy (non-hydrogen) atoms. The number of pyridine rings is 1. The zero-order valence-corrected chi connectivity index (χ0v) is 35.5. The molecule has 3 aliphatic rings. The summed E-state index contributed by atoms with van der Waals surface area (Å²) in [6, 6.07) is 6.40. The maximum atomic E-state index is 17.7. The highest BCUT2D eigenvalue weighted by atomic mass is 28.3. The molecule has 3 heterocycles. The van der Waals surface area contributed by atoms with Gasteiger partial charge in [0.15, 0.2) is 18.4 Å². The van der Waals surface area contributed by atoms with Crippen LogP contribution in [0.25, 0.3) is 32.9 Å². The highest BCUT2D eigenvalue weighted by Crippen LogP contribution is 2.60. The van der Waals surface area contributed by atoms with E-state index in [4.69, 9.17) is 24.3 Å². The lowest BCUT2D eigenvalue weighted by Crippen LogP contribution is -2.43. The second-order valence-electron chi connectivity index (χ2n) is 17.9. The van der Waals surface area contributed by atoms with Crippen molar-refractivity contribution in [1.82, 2.24) is 19.7 Å². The van der Waals surface area contributed by atoms with Crippen LogP contribution < -0.4 is 4.74 Å². The van der Waals surface area contributed by atoms with E-state index in [-0.39, 0.29) is 70.5 Å². The minimum Gasteiger partial charge on any atom is -0.468 e. The van der Waals surface area contributed by atoms with Crippen LogP contribution in [0.1, 0.15) is 116 Å². The molecule has 3 atom stereocenters. The number of carbonyl (C=O) groups excluding carboxylic acids is 2. The highest BCUT2D eigenvalue weighted by molar-refractivity contribution is 6.90. The fourth-order valence-corrected chi connectivity index (χ4v) is 14.6. The van der Waals surface area contributed by atoms with Crippen molar-refractivity contribution in [3.05, 3.63) is 52.9 Å². The molecule has 0 radical (unpaired) electrons. The molecule has 1 unspecified atom stereocenters. The predicted molar refractivity (Wildman–Crippen MR) is 217 cm³/mol. The number of nitrogens with zero attached hydrogens (tertiary/aromatic N) is 4. The summed E-state index contributed by atoms with van der Waals surface area (Å²) in [5.41, 5.74) is 5.30. The molecule has 2 aromatic heterocycles. The Morgan fingerprint density at radius 3 is 2.18 bits per heavy atom. The normalized spacial score (nSPS) is 19.6. The molecular formula is C44H54F2N4O5Si. The van der Waals surface area contributed by atoms with Gasteiger partial charge in [0, 0.05) is 44.0 Å². The van der Waals surface area contributed by atoms with E-state index in [9.17, 15) is 9.59 Å². The number of halogens is 2. The van der Waals surface area contributed by atoms with Crippen LogP contribution in [0.2, 0.25) is 16.6 Å². The molecule has 2 saturated carbocycles. The molecule has 1 aliphatic heterocycles. The van der Waals surface area contributed by atoms with Crippen LogP contribution in [-0.2, 0) is 9.47 Å². The number of hydrogen-bond acceptors (Lipinski definition) is 7. The van der Waals surface area contributed by atoms with Gasteiger partial charge >= 0.3 is 6.09 Å². The van der Waals surface area contributed by atoms with Crippen molar-refractivity contribution in [2.45, 2.75) is 116 Å². The van der Waals surface area contributed by atoms with Crippen LogP contribution in [0.4, 0.5) is 13.6 Å². The second kappa shape index (κ2) is 14.5. The summed E-state index contributed by atoms with van der Waals surface area (Å²) in [6.07, 6.45) is 1.30. The number of Topliss-reactive ketones (excluding diaryl/α,β-unsaturated/α-hetero) is 1. The molecule has 0 N–H and O–H groups in total. The summed E-state index contributed by atoms with van der Waals surface area (Å²) >= 11 is 0. The molecule has 0 spiro atoms. The minimum atomic E-state index is -2.31. The number of carbonyl (C=O) groups is 2. The Kier molecular flexibility index (Phi) is 10.4. The van der Waals surface area contributed by atoms with Crippen LogP contribution in [0.5, 0.6) is 5.75 Å². The van der Waals surface area contributed by atoms with E-state index >= 15 is 8.78 Å². The summed E-state index contributed by atoms with van der Waals surface area (Å²) in [6.45, 7) is 21.1. The number of rotatable bonds is 10. The molecule has 7 rings (SSSR count). The van der Waals surface area contributed by atoms with Gasteiger partial charge in [0.25, 0.3) is 0 Å². The third kappa shape index (κ3) is 6.89. The quantitative estimate of drug-likeness (QED) is 0.0684. The number of piperidine rings is 1. The second-order valence-corrected chi connectivity index (χ2v) is 23.5. The maximum Gasteiger partial charge on any atom is 0.410 e. The standard InChI is InChI=1S/C44H54F2N4O5Si/c1-23(2)56(24(3)4,25(5)6)17-16-30-34(45)15-12-27-18-29(54-22-53-11)19-31(35(27)30)40-38(46)42-37(39(47-40)26(7)51)41(48-50(42)28-13-14-28)36-32-20-49(21-33(32)36)43(52)55-44(8,9)10/h12,15,18-19,23-25,28,32-33,36H,13-14,20-22H2,1-11H3/t32-,33+,36?. The number of fused-ring (bicyclic) bond motifs is 3. The predicted octanol–water partition coefficient (Wildman–Crippen LogP) is 10.2. The number of aromatic nitrogens is 3. The molecule has 9 nitrogen and oxygen atoms in total. The Balaban J connectivity index is 1.43. The molecular weight excluding hydrogens is 731 g/mol. The summed E-state index contributed by atoms with van der Waals surface area (Å²) in [5, 5.41) is 6.46. The number of benzene rings is 2. The van der Waals surface area contributed by atoms with Crippen molar-refractivity contribution in [3.8, 4) is 28.5 Å². The lowest BCUT2D eigenvalue weighted by molar-refractivity contribution is 0.0270. The summed E-state index contributed by atoms with van der Waals surface area (Å²) in [5.74, 6) is 2.36. The fraction of sp³-hybridized carbons (Fsp3) is 0.545. The van der Waals surface area contributed by atoms with Crippen LogP contribution >= 0.6 is 0 Å². The fourth-order valence-electron chi connectivity index (χ4n) is 9.42. The first-order chi connectivity index (χ1) is 26.4. The summed E-state index contributed by atoms with van der Waals surface area (Å²) < 4.78 is 52.4. The van der Waals surface area contributed by atoms with Crippen LogP contribution in [0, 0.1) is 34.9 Å². The first kappa shape index (κ1) is 39.9. The van der Waals surface area contributed by atoms with Gasteiger partial charge in [-0.1, -0.05) is 53.5 Å². The SMILES string of the molecule is COCOc1cc(-c2nc(C(C)=O)c3c(C4[C@H]5CN(C(=O)OC(C)(C)C)C[C@@H]45)nn(C4CC4)c3c2F)c2c(C#C[Si](C(C)C)(C(C)C)C(C)C)c(F)ccc2c1. The van der Waals surface area contributed by atoms with E-state index in [1.54, 1.807) is 27.8 Å². The van der Waals surface area contributed by atoms with Crippen molar-refractivity contribution in [2.24, 2.45) is 11.8 Å².